The van der Waals surface area contributed by atoms with E-state index in [1.807, 2.05) is 6.07 Å². The zero-order chi connectivity index (χ0) is 20.5. The van der Waals surface area contributed by atoms with Crippen LogP contribution in [0.1, 0.15) is 12.8 Å². The second kappa shape index (κ2) is 10.9. The van der Waals surface area contributed by atoms with Crippen LogP contribution in [-0.2, 0) is 0 Å². The summed E-state index contributed by atoms with van der Waals surface area (Å²) in [5.41, 5.74) is 0.677. The van der Waals surface area contributed by atoms with Gasteiger partial charge in [-0.3, -0.25) is 4.98 Å². The van der Waals surface area contributed by atoms with Crippen LogP contribution in [0.25, 0.3) is 10.9 Å². The van der Waals surface area contributed by atoms with Gasteiger partial charge in [0, 0.05) is 24.2 Å². The SMILES string of the molecule is COc1cc2c(Oc3ccccc3F)ccnc2cc1OCCNCCCCS. The number of methoxy groups -OCH3 is 1. The average molecular weight is 417 g/mol. The van der Waals surface area contributed by atoms with E-state index >= 15 is 0 Å². The molecule has 0 unspecified atom stereocenters. The number of hydrogen-bond donors (Lipinski definition) is 2. The Labute approximate surface area is 175 Å². The number of hydrogen-bond acceptors (Lipinski definition) is 6. The lowest BCUT2D eigenvalue weighted by Gasteiger charge is -2.14. The molecule has 29 heavy (non-hydrogen) atoms. The minimum Gasteiger partial charge on any atom is -0.493 e. The maximum atomic E-state index is 14.0. The van der Waals surface area contributed by atoms with Crippen molar-refractivity contribution in [3.63, 3.8) is 0 Å². The maximum absolute atomic E-state index is 14.0. The molecule has 1 aromatic heterocycles. The Hall–Kier alpha value is -2.51. The van der Waals surface area contributed by atoms with E-state index in [-0.39, 0.29) is 5.75 Å². The van der Waals surface area contributed by atoms with Crippen molar-refractivity contribution in [2.24, 2.45) is 0 Å². The first-order valence-corrected chi connectivity index (χ1v) is 10.2. The molecule has 0 aliphatic carbocycles. The van der Waals surface area contributed by atoms with E-state index in [0.717, 1.165) is 31.7 Å². The van der Waals surface area contributed by atoms with Gasteiger partial charge in [-0.15, -0.1) is 0 Å². The Kier molecular flexibility index (Phi) is 7.95. The smallest absolute Gasteiger partial charge is 0.165 e. The van der Waals surface area contributed by atoms with Crippen LogP contribution in [-0.4, -0.2) is 37.5 Å². The molecule has 0 spiro atoms. The summed E-state index contributed by atoms with van der Waals surface area (Å²) in [5.74, 6) is 2.30. The van der Waals surface area contributed by atoms with Gasteiger partial charge in [0.15, 0.2) is 23.1 Å². The third kappa shape index (κ3) is 5.74. The molecule has 5 nitrogen and oxygen atoms in total. The summed E-state index contributed by atoms with van der Waals surface area (Å²) in [7, 11) is 1.58. The number of ether oxygens (including phenoxy) is 3. The van der Waals surface area contributed by atoms with Gasteiger partial charge in [0.2, 0.25) is 0 Å². The number of fused-ring (bicyclic) bond motifs is 1. The van der Waals surface area contributed by atoms with Gasteiger partial charge >= 0.3 is 0 Å². The Balaban J connectivity index is 1.74. The molecule has 0 saturated heterocycles. The average Bonchev–Trinajstić information content (AvgIpc) is 2.74. The molecule has 0 bridgehead atoms. The molecule has 1 heterocycles. The van der Waals surface area contributed by atoms with Crippen molar-refractivity contribution in [1.82, 2.24) is 10.3 Å². The van der Waals surface area contributed by atoms with E-state index in [1.165, 1.54) is 6.07 Å². The third-order valence-corrected chi connectivity index (χ3v) is 4.66. The molecule has 3 rings (SSSR count). The van der Waals surface area contributed by atoms with Crippen molar-refractivity contribution in [3.05, 3.63) is 54.5 Å². The summed E-state index contributed by atoms with van der Waals surface area (Å²) in [4.78, 5) is 4.39. The van der Waals surface area contributed by atoms with E-state index in [9.17, 15) is 4.39 Å². The number of benzene rings is 2. The van der Waals surface area contributed by atoms with Crippen LogP contribution >= 0.6 is 12.6 Å². The summed E-state index contributed by atoms with van der Waals surface area (Å²) in [5, 5.41) is 4.05. The summed E-state index contributed by atoms with van der Waals surface area (Å²) < 4.78 is 31.1. The molecular formula is C22H25FN2O3S. The van der Waals surface area contributed by atoms with Gasteiger partial charge in [-0.25, -0.2) is 4.39 Å². The van der Waals surface area contributed by atoms with Gasteiger partial charge < -0.3 is 19.5 Å². The van der Waals surface area contributed by atoms with Crippen molar-refractivity contribution in [1.29, 1.82) is 0 Å². The van der Waals surface area contributed by atoms with Gasteiger partial charge in [-0.05, 0) is 49.4 Å². The molecule has 0 aliphatic heterocycles. The molecule has 0 amide bonds. The van der Waals surface area contributed by atoms with E-state index in [0.29, 0.717) is 34.8 Å². The van der Waals surface area contributed by atoms with Gasteiger partial charge in [0.1, 0.15) is 12.4 Å². The summed E-state index contributed by atoms with van der Waals surface area (Å²) in [6.07, 6.45) is 3.81. The fraction of sp³-hybridized carbons (Fsp3) is 0.318. The quantitative estimate of drug-likeness (QED) is 0.346. The van der Waals surface area contributed by atoms with Crippen LogP contribution in [0.5, 0.6) is 23.0 Å². The molecular weight excluding hydrogens is 391 g/mol. The molecule has 0 fully saturated rings. The second-order valence-electron chi connectivity index (χ2n) is 6.39. The van der Waals surface area contributed by atoms with Crippen molar-refractivity contribution in [3.8, 4) is 23.0 Å². The molecule has 0 radical (unpaired) electrons. The Bertz CT molecular complexity index is 939. The normalized spacial score (nSPS) is 10.9. The fourth-order valence-corrected chi connectivity index (χ4v) is 3.08. The number of rotatable bonds is 11. The predicted octanol–water partition coefficient (Wildman–Crippen LogP) is 4.85. The molecule has 0 aliphatic rings. The van der Waals surface area contributed by atoms with Gasteiger partial charge in [-0.2, -0.15) is 12.6 Å². The lowest BCUT2D eigenvalue weighted by Crippen LogP contribution is -2.22. The van der Waals surface area contributed by atoms with Crippen molar-refractivity contribution in [2.75, 3.05) is 32.6 Å². The lowest BCUT2D eigenvalue weighted by atomic mass is 10.2. The molecule has 1 N–H and O–H groups in total. The first-order valence-electron chi connectivity index (χ1n) is 9.56. The molecule has 7 heteroatoms. The first kappa shape index (κ1) is 21.2. The van der Waals surface area contributed by atoms with Gasteiger partial charge in [0.05, 0.1) is 12.6 Å². The number of halogens is 1. The zero-order valence-electron chi connectivity index (χ0n) is 16.4. The number of aromatic nitrogens is 1. The Morgan fingerprint density at radius 1 is 1.00 bits per heavy atom. The van der Waals surface area contributed by atoms with E-state index in [2.05, 4.69) is 22.9 Å². The minimum absolute atomic E-state index is 0.156. The minimum atomic E-state index is -0.425. The van der Waals surface area contributed by atoms with Crippen LogP contribution in [0, 0.1) is 5.82 Å². The van der Waals surface area contributed by atoms with Crippen LogP contribution < -0.4 is 19.5 Å². The van der Waals surface area contributed by atoms with Crippen LogP contribution in [0.3, 0.4) is 0 Å². The number of unbranched alkanes of at least 4 members (excludes halogenated alkanes) is 1. The van der Waals surface area contributed by atoms with E-state index in [4.69, 9.17) is 14.2 Å². The number of pyridine rings is 1. The standard InChI is InChI=1S/C22H25FN2O3S/c1-26-21-14-16-18(15-22(21)27-12-11-24-9-4-5-13-29)25-10-8-19(16)28-20-7-3-2-6-17(20)23/h2-3,6-8,10,14-15,24,29H,4-5,9,11-13H2,1H3. The largest absolute Gasteiger partial charge is 0.493 e. The number of thiol groups is 1. The lowest BCUT2D eigenvalue weighted by molar-refractivity contribution is 0.292. The maximum Gasteiger partial charge on any atom is 0.165 e. The predicted molar refractivity (Wildman–Crippen MR) is 116 cm³/mol. The fourth-order valence-electron chi connectivity index (χ4n) is 2.86. The highest BCUT2D eigenvalue weighted by atomic mass is 32.1. The van der Waals surface area contributed by atoms with Crippen molar-refractivity contribution < 1.29 is 18.6 Å². The van der Waals surface area contributed by atoms with Gasteiger partial charge in [-0.1, -0.05) is 12.1 Å². The van der Waals surface area contributed by atoms with Crippen LogP contribution in [0.4, 0.5) is 4.39 Å². The molecule has 3 aromatic rings. The highest BCUT2D eigenvalue weighted by molar-refractivity contribution is 7.80. The highest BCUT2D eigenvalue weighted by Crippen LogP contribution is 2.37. The van der Waals surface area contributed by atoms with Crippen molar-refractivity contribution in [2.45, 2.75) is 12.8 Å². The number of para-hydroxylation sites is 1. The Morgan fingerprint density at radius 3 is 2.66 bits per heavy atom. The summed E-state index contributed by atoms with van der Waals surface area (Å²) in [6, 6.07) is 11.6. The second-order valence-corrected chi connectivity index (χ2v) is 6.84. The summed E-state index contributed by atoms with van der Waals surface area (Å²) >= 11 is 4.20. The molecule has 0 saturated carbocycles. The number of nitrogens with zero attached hydrogens (tertiary/aromatic N) is 1. The highest BCUT2D eigenvalue weighted by Gasteiger charge is 2.13. The monoisotopic (exact) mass is 416 g/mol. The molecule has 0 atom stereocenters. The molecule has 2 aromatic carbocycles. The Morgan fingerprint density at radius 2 is 1.86 bits per heavy atom. The number of nitrogens with one attached hydrogen (secondary N) is 1. The van der Waals surface area contributed by atoms with Crippen molar-refractivity contribution >= 4 is 23.5 Å². The zero-order valence-corrected chi connectivity index (χ0v) is 17.3. The van der Waals surface area contributed by atoms with Crippen LogP contribution in [0.2, 0.25) is 0 Å². The van der Waals surface area contributed by atoms with Gasteiger partial charge in [0.25, 0.3) is 0 Å². The topological polar surface area (TPSA) is 52.6 Å². The van der Waals surface area contributed by atoms with E-state index < -0.39 is 5.82 Å². The summed E-state index contributed by atoms with van der Waals surface area (Å²) in [6.45, 7) is 2.18. The third-order valence-electron chi connectivity index (χ3n) is 4.34. The van der Waals surface area contributed by atoms with E-state index in [1.54, 1.807) is 43.6 Å². The first-order chi connectivity index (χ1) is 14.2. The molecule has 154 valence electrons. The van der Waals surface area contributed by atoms with Crippen LogP contribution in [0.15, 0.2) is 48.7 Å².